The van der Waals surface area contributed by atoms with Gasteiger partial charge in [0.25, 0.3) is 0 Å². The number of rotatable bonds is 12. The number of carboxylic acid groups (broad SMARTS) is 2. The van der Waals surface area contributed by atoms with Crippen molar-refractivity contribution in [3.63, 3.8) is 0 Å². The molecule has 0 rings (SSSR count). The lowest BCUT2D eigenvalue weighted by Crippen LogP contribution is -2.46. The van der Waals surface area contributed by atoms with Crippen LogP contribution < -0.4 is 10.6 Å². The van der Waals surface area contributed by atoms with E-state index in [-0.39, 0.29) is 12.8 Å². The molecule has 7 heteroatoms. The molecular formula is C14H26N2O5. The van der Waals surface area contributed by atoms with E-state index in [1.165, 1.54) is 19.3 Å². The van der Waals surface area contributed by atoms with E-state index in [0.29, 0.717) is 6.54 Å². The maximum absolute atomic E-state index is 11.5. The summed E-state index contributed by atoms with van der Waals surface area (Å²) in [6.45, 7) is 2.64. The second-order valence-corrected chi connectivity index (χ2v) is 4.99. The number of hydrogen-bond donors (Lipinski definition) is 4. The molecule has 0 heterocycles. The Morgan fingerprint density at radius 2 is 1.62 bits per heavy atom. The number of carboxylic acids is 2. The van der Waals surface area contributed by atoms with Gasteiger partial charge < -0.3 is 20.8 Å². The normalized spacial score (nSPS) is 11.7. The molecule has 4 N–H and O–H groups in total. The molecule has 0 saturated carbocycles. The van der Waals surface area contributed by atoms with E-state index in [2.05, 4.69) is 17.6 Å². The fraction of sp³-hybridized carbons (Fsp3) is 0.786. The second kappa shape index (κ2) is 12.0. The van der Waals surface area contributed by atoms with Crippen molar-refractivity contribution in [3.8, 4) is 0 Å². The summed E-state index contributed by atoms with van der Waals surface area (Å²) in [7, 11) is 0. The summed E-state index contributed by atoms with van der Waals surface area (Å²) in [6.07, 6.45) is 6.19. The summed E-state index contributed by atoms with van der Waals surface area (Å²) in [5, 5.41) is 22.3. The summed E-state index contributed by atoms with van der Waals surface area (Å²) in [5.74, 6) is -2.32. The molecule has 0 aliphatic heterocycles. The zero-order chi connectivity index (χ0) is 16.1. The quantitative estimate of drug-likeness (QED) is 0.411. The Kier molecular flexibility index (Phi) is 11.0. The molecule has 122 valence electrons. The van der Waals surface area contributed by atoms with Crippen molar-refractivity contribution in [1.82, 2.24) is 10.6 Å². The van der Waals surface area contributed by atoms with Gasteiger partial charge in [-0.2, -0.15) is 0 Å². The van der Waals surface area contributed by atoms with Gasteiger partial charge in [0.1, 0.15) is 6.04 Å². The topological polar surface area (TPSA) is 116 Å². The van der Waals surface area contributed by atoms with E-state index < -0.39 is 24.0 Å². The number of urea groups is 1. The third-order valence-electron chi connectivity index (χ3n) is 3.07. The van der Waals surface area contributed by atoms with E-state index in [1.807, 2.05) is 0 Å². The Morgan fingerprint density at radius 1 is 1.00 bits per heavy atom. The summed E-state index contributed by atoms with van der Waals surface area (Å²) < 4.78 is 0. The molecule has 0 fully saturated rings. The summed E-state index contributed by atoms with van der Waals surface area (Å²) in [6, 6.07) is -1.74. The standard InChI is InChI=1S/C14H26N2O5/c1-2-3-4-5-6-7-10-15-14(21)16-11(13(19)20)8-9-12(17)18/h11H,2-10H2,1H3,(H,17,18)(H,19,20)(H2,15,16,21)/t11-/m0/s1. The first-order chi connectivity index (χ1) is 9.97. The van der Waals surface area contributed by atoms with E-state index >= 15 is 0 Å². The van der Waals surface area contributed by atoms with Gasteiger partial charge in [-0.3, -0.25) is 4.79 Å². The van der Waals surface area contributed by atoms with Crippen molar-refractivity contribution in [2.45, 2.75) is 64.3 Å². The molecule has 1 atom stereocenters. The van der Waals surface area contributed by atoms with Gasteiger partial charge in [0.05, 0.1) is 0 Å². The Balaban J connectivity index is 3.78. The molecule has 0 radical (unpaired) electrons. The van der Waals surface area contributed by atoms with Crippen LogP contribution >= 0.6 is 0 Å². The van der Waals surface area contributed by atoms with Crippen LogP contribution in [0, 0.1) is 0 Å². The highest BCUT2D eigenvalue weighted by molar-refractivity contribution is 5.82. The molecule has 21 heavy (non-hydrogen) atoms. The van der Waals surface area contributed by atoms with Gasteiger partial charge in [0, 0.05) is 13.0 Å². The zero-order valence-corrected chi connectivity index (χ0v) is 12.6. The van der Waals surface area contributed by atoms with Gasteiger partial charge in [-0.15, -0.1) is 0 Å². The maximum atomic E-state index is 11.5. The van der Waals surface area contributed by atoms with Crippen molar-refractivity contribution in [1.29, 1.82) is 0 Å². The SMILES string of the molecule is CCCCCCCCNC(=O)N[C@@H](CCC(=O)O)C(=O)O. The zero-order valence-electron chi connectivity index (χ0n) is 12.6. The second-order valence-electron chi connectivity index (χ2n) is 4.99. The predicted octanol–water partition coefficient (Wildman–Crippen LogP) is 1.96. The Bertz CT molecular complexity index is 333. The largest absolute Gasteiger partial charge is 0.481 e. The lowest BCUT2D eigenvalue weighted by atomic mass is 10.1. The van der Waals surface area contributed by atoms with Gasteiger partial charge in [0.2, 0.25) is 0 Å². The Labute approximate surface area is 125 Å². The minimum Gasteiger partial charge on any atom is -0.481 e. The lowest BCUT2D eigenvalue weighted by molar-refractivity contribution is -0.140. The highest BCUT2D eigenvalue weighted by Crippen LogP contribution is 2.04. The van der Waals surface area contributed by atoms with Gasteiger partial charge in [-0.1, -0.05) is 39.0 Å². The minimum atomic E-state index is -1.23. The van der Waals surface area contributed by atoms with Crippen LogP contribution in [0.5, 0.6) is 0 Å². The Hall–Kier alpha value is -1.79. The fourth-order valence-electron chi connectivity index (χ4n) is 1.84. The molecule has 0 aliphatic rings. The summed E-state index contributed by atoms with van der Waals surface area (Å²) in [4.78, 5) is 32.8. The van der Waals surface area contributed by atoms with Gasteiger partial charge >= 0.3 is 18.0 Å². The van der Waals surface area contributed by atoms with E-state index in [9.17, 15) is 14.4 Å². The van der Waals surface area contributed by atoms with Crippen LogP contribution in [0.1, 0.15) is 58.3 Å². The number of unbranched alkanes of at least 4 members (excludes halogenated alkanes) is 5. The van der Waals surface area contributed by atoms with E-state index in [0.717, 1.165) is 19.3 Å². The predicted molar refractivity (Wildman–Crippen MR) is 78.2 cm³/mol. The van der Waals surface area contributed by atoms with Crippen molar-refractivity contribution in [3.05, 3.63) is 0 Å². The molecule has 0 unspecified atom stereocenters. The average Bonchev–Trinajstić information content (AvgIpc) is 2.41. The number of hydrogen-bond acceptors (Lipinski definition) is 3. The summed E-state index contributed by atoms with van der Waals surface area (Å²) >= 11 is 0. The van der Waals surface area contributed by atoms with Crippen LogP contribution in [0.3, 0.4) is 0 Å². The van der Waals surface area contributed by atoms with E-state index in [4.69, 9.17) is 10.2 Å². The van der Waals surface area contributed by atoms with Crippen LogP contribution in [-0.2, 0) is 9.59 Å². The lowest BCUT2D eigenvalue weighted by Gasteiger charge is -2.14. The molecule has 0 aromatic rings. The smallest absolute Gasteiger partial charge is 0.326 e. The number of nitrogens with one attached hydrogen (secondary N) is 2. The molecule has 2 amide bonds. The van der Waals surface area contributed by atoms with E-state index in [1.54, 1.807) is 0 Å². The van der Waals surface area contributed by atoms with Crippen LogP contribution in [-0.4, -0.2) is 40.8 Å². The third kappa shape index (κ3) is 11.7. The van der Waals surface area contributed by atoms with Gasteiger partial charge in [-0.05, 0) is 12.8 Å². The first kappa shape index (κ1) is 19.2. The van der Waals surface area contributed by atoms with Crippen LogP contribution in [0.4, 0.5) is 4.79 Å². The molecule has 0 spiro atoms. The van der Waals surface area contributed by atoms with Crippen molar-refractivity contribution in [2.24, 2.45) is 0 Å². The number of carbonyl (C=O) groups is 3. The third-order valence-corrected chi connectivity index (χ3v) is 3.07. The first-order valence-corrected chi connectivity index (χ1v) is 7.46. The molecule has 0 aromatic heterocycles. The summed E-state index contributed by atoms with van der Waals surface area (Å²) in [5.41, 5.74) is 0. The van der Waals surface area contributed by atoms with Gasteiger partial charge in [0.15, 0.2) is 0 Å². The molecule has 7 nitrogen and oxygen atoms in total. The van der Waals surface area contributed by atoms with Crippen molar-refractivity contribution >= 4 is 18.0 Å². The molecular weight excluding hydrogens is 276 g/mol. The number of carbonyl (C=O) groups excluding carboxylic acids is 1. The molecule has 0 bridgehead atoms. The Morgan fingerprint density at radius 3 is 2.19 bits per heavy atom. The first-order valence-electron chi connectivity index (χ1n) is 7.46. The maximum Gasteiger partial charge on any atom is 0.326 e. The highest BCUT2D eigenvalue weighted by atomic mass is 16.4. The van der Waals surface area contributed by atoms with Gasteiger partial charge in [-0.25, -0.2) is 9.59 Å². The van der Waals surface area contributed by atoms with Crippen LogP contribution in [0.25, 0.3) is 0 Å². The van der Waals surface area contributed by atoms with Crippen molar-refractivity contribution < 1.29 is 24.6 Å². The minimum absolute atomic E-state index is 0.130. The van der Waals surface area contributed by atoms with Crippen LogP contribution in [0.2, 0.25) is 0 Å². The van der Waals surface area contributed by atoms with Crippen LogP contribution in [0.15, 0.2) is 0 Å². The number of aliphatic carboxylic acids is 2. The fourth-order valence-corrected chi connectivity index (χ4v) is 1.84. The molecule has 0 saturated heterocycles. The average molecular weight is 302 g/mol. The monoisotopic (exact) mass is 302 g/mol. The highest BCUT2D eigenvalue weighted by Gasteiger charge is 2.20. The van der Waals surface area contributed by atoms with Crippen molar-refractivity contribution in [2.75, 3.05) is 6.54 Å². The number of amides is 2. The molecule has 0 aliphatic carbocycles. The molecule has 0 aromatic carbocycles.